The number of nitrogens with one attached hydrogen (secondary N) is 1. The van der Waals surface area contributed by atoms with Gasteiger partial charge >= 0.3 is 0 Å². The molecular formula is C7H9N2O2S. The molecule has 0 atom stereocenters. The van der Waals surface area contributed by atoms with E-state index >= 15 is 0 Å². The van der Waals surface area contributed by atoms with Crippen molar-refractivity contribution in [3.05, 3.63) is 24.3 Å². The molecule has 5 heteroatoms. The summed E-state index contributed by atoms with van der Waals surface area (Å²) in [5.41, 5.74) is 6.32. The molecule has 12 heavy (non-hydrogen) atoms. The summed E-state index contributed by atoms with van der Waals surface area (Å²) in [4.78, 5) is 0. The first-order valence-electron chi connectivity index (χ1n) is 3.22. The van der Waals surface area contributed by atoms with Crippen molar-refractivity contribution >= 4 is 21.4 Å². The van der Waals surface area contributed by atoms with Gasteiger partial charge < -0.3 is 5.73 Å². The molecule has 0 unspecified atom stereocenters. The predicted molar refractivity (Wildman–Crippen MR) is 48.2 cm³/mol. The maximum atomic E-state index is 10.7. The zero-order valence-electron chi connectivity index (χ0n) is 6.53. The summed E-state index contributed by atoms with van der Waals surface area (Å²) in [5.74, 6) is 0. The SMILES string of the molecule is CS(=O)(=O)Nc1c[c]cc(N)c1. The minimum absolute atomic E-state index is 0.428. The Morgan fingerprint density at radius 3 is 2.67 bits per heavy atom. The van der Waals surface area contributed by atoms with Crippen LogP contribution in [0.1, 0.15) is 0 Å². The lowest BCUT2D eigenvalue weighted by Crippen LogP contribution is -2.09. The first-order valence-corrected chi connectivity index (χ1v) is 5.11. The Morgan fingerprint density at radius 2 is 2.17 bits per heavy atom. The van der Waals surface area contributed by atoms with Crippen LogP contribution in [-0.4, -0.2) is 14.7 Å². The third kappa shape index (κ3) is 2.79. The van der Waals surface area contributed by atoms with Crippen LogP contribution < -0.4 is 10.5 Å². The predicted octanol–water partition coefficient (Wildman–Crippen LogP) is 0.440. The highest BCUT2D eigenvalue weighted by molar-refractivity contribution is 7.92. The van der Waals surface area contributed by atoms with Crippen LogP contribution in [0.5, 0.6) is 0 Å². The quantitative estimate of drug-likeness (QED) is 0.657. The monoisotopic (exact) mass is 185 g/mol. The summed E-state index contributed by atoms with van der Waals surface area (Å²) in [6.45, 7) is 0. The third-order valence-electron chi connectivity index (χ3n) is 1.11. The number of hydrogen-bond acceptors (Lipinski definition) is 3. The van der Waals surface area contributed by atoms with Crippen LogP contribution in [0.4, 0.5) is 11.4 Å². The van der Waals surface area contributed by atoms with Crippen molar-refractivity contribution in [1.82, 2.24) is 0 Å². The summed E-state index contributed by atoms with van der Waals surface area (Å²) in [7, 11) is -3.22. The van der Waals surface area contributed by atoms with Crippen molar-refractivity contribution < 1.29 is 8.42 Å². The van der Waals surface area contributed by atoms with Gasteiger partial charge in [-0.15, -0.1) is 0 Å². The van der Waals surface area contributed by atoms with E-state index in [0.717, 1.165) is 6.26 Å². The first-order chi connectivity index (χ1) is 5.47. The molecule has 65 valence electrons. The summed E-state index contributed by atoms with van der Waals surface area (Å²) >= 11 is 0. The molecule has 0 aliphatic rings. The molecule has 0 saturated heterocycles. The van der Waals surface area contributed by atoms with Gasteiger partial charge in [0.25, 0.3) is 0 Å². The lowest BCUT2D eigenvalue weighted by molar-refractivity contribution is 0.607. The molecular weight excluding hydrogens is 176 g/mol. The molecule has 0 fully saturated rings. The molecule has 1 aromatic rings. The topological polar surface area (TPSA) is 72.2 Å². The average molecular weight is 185 g/mol. The molecule has 0 aliphatic heterocycles. The van der Waals surface area contributed by atoms with Gasteiger partial charge in [-0.1, -0.05) is 0 Å². The largest absolute Gasteiger partial charge is 0.399 e. The minimum atomic E-state index is -3.22. The Morgan fingerprint density at radius 1 is 1.50 bits per heavy atom. The number of nitrogen functional groups attached to an aromatic ring is 1. The van der Waals surface area contributed by atoms with Gasteiger partial charge in [-0.05, 0) is 24.3 Å². The van der Waals surface area contributed by atoms with Gasteiger partial charge in [0.05, 0.1) is 11.9 Å². The lowest BCUT2D eigenvalue weighted by atomic mass is 10.3. The van der Waals surface area contributed by atoms with Crippen LogP contribution in [0.25, 0.3) is 0 Å². The Kier molecular flexibility index (Phi) is 2.23. The zero-order valence-corrected chi connectivity index (χ0v) is 7.35. The van der Waals surface area contributed by atoms with Gasteiger partial charge in [0.15, 0.2) is 0 Å². The molecule has 1 rings (SSSR count). The smallest absolute Gasteiger partial charge is 0.229 e. The molecule has 0 saturated carbocycles. The molecule has 0 heterocycles. The van der Waals surface area contributed by atoms with E-state index in [1.807, 2.05) is 0 Å². The van der Waals surface area contributed by atoms with E-state index in [2.05, 4.69) is 10.8 Å². The Labute approximate surface area is 71.4 Å². The van der Waals surface area contributed by atoms with Crippen molar-refractivity contribution in [1.29, 1.82) is 0 Å². The van der Waals surface area contributed by atoms with E-state index in [1.54, 1.807) is 6.07 Å². The molecule has 0 bridgehead atoms. The highest BCUT2D eigenvalue weighted by atomic mass is 32.2. The van der Waals surface area contributed by atoms with Crippen LogP contribution in [0.3, 0.4) is 0 Å². The normalized spacial score (nSPS) is 11.1. The van der Waals surface area contributed by atoms with E-state index in [4.69, 9.17) is 5.73 Å². The molecule has 0 aliphatic carbocycles. The van der Waals surface area contributed by atoms with Gasteiger partial charge in [0, 0.05) is 5.69 Å². The molecule has 0 amide bonds. The van der Waals surface area contributed by atoms with Crippen LogP contribution in [0.2, 0.25) is 0 Å². The number of rotatable bonds is 2. The van der Waals surface area contributed by atoms with Crippen molar-refractivity contribution in [2.45, 2.75) is 0 Å². The fraction of sp³-hybridized carbons (Fsp3) is 0.143. The number of sulfonamides is 1. The van der Waals surface area contributed by atoms with Crippen LogP contribution >= 0.6 is 0 Å². The Bertz CT molecular complexity index is 373. The van der Waals surface area contributed by atoms with E-state index < -0.39 is 10.0 Å². The number of nitrogens with two attached hydrogens (primary N) is 1. The second-order valence-electron chi connectivity index (χ2n) is 2.43. The van der Waals surface area contributed by atoms with Crippen LogP contribution in [0, 0.1) is 6.07 Å². The summed E-state index contributed by atoms with van der Waals surface area (Å²) in [6.07, 6.45) is 1.08. The van der Waals surface area contributed by atoms with Crippen LogP contribution in [-0.2, 0) is 10.0 Å². The van der Waals surface area contributed by atoms with Gasteiger partial charge in [0.2, 0.25) is 10.0 Å². The zero-order chi connectivity index (χ0) is 9.19. The number of anilines is 2. The fourth-order valence-electron chi connectivity index (χ4n) is 0.764. The summed E-state index contributed by atoms with van der Waals surface area (Å²) in [6, 6.07) is 7.30. The minimum Gasteiger partial charge on any atom is -0.399 e. The molecule has 1 aromatic carbocycles. The lowest BCUT2D eigenvalue weighted by Gasteiger charge is -2.02. The Balaban J connectivity index is 2.91. The van der Waals surface area contributed by atoms with Crippen molar-refractivity contribution in [3.63, 3.8) is 0 Å². The highest BCUT2D eigenvalue weighted by Crippen LogP contribution is 2.11. The van der Waals surface area contributed by atoms with Gasteiger partial charge in [0.1, 0.15) is 0 Å². The van der Waals surface area contributed by atoms with E-state index in [1.165, 1.54) is 12.1 Å². The number of benzene rings is 1. The Hall–Kier alpha value is -1.23. The maximum Gasteiger partial charge on any atom is 0.229 e. The fourth-order valence-corrected chi connectivity index (χ4v) is 1.31. The van der Waals surface area contributed by atoms with Gasteiger partial charge in [-0.25, -0.2) is 8.42 Å². The number of hydrogen-bond donors (Lipinski definition) is 2. The second kappa shape index (κ2) is 3.02. The molecule has 0 aromatic heterocycles. The van der Waals surface area contributed by atoms with Crippen LogP contribution in [0.15, 0.2) is 18.2 Å². The van der Waals surface area contributed by atoms with E-state index in [0.29, 0.717) is 11.4 Å². The third-order valence-corrected chi connectivity index (χ3v) is 1.72. The molecule has 1 radical (unpaired) electrons. The molecule has 4 nitrogen and oxygen atoms in total. The van der Waals surface area contributed by atoms with Gasteiger partial charge in [-0.3, -0.25) is 4.72 Å². The van der Waals surface area contributed by atoms with Gasteiger partial charge in [-0.2, -0.15) is 0 Å². The summed E-state index contributed by atoms with van der Waals surface area (Å²) in [5, 5.41) is 0. The van der Waals surface area contributed by atoms with Crippen molar-refractivity contribution in [3.8, 4) is 0 Å². The van der Waals surface area contributed by atoms with Crippen molar-refractivity contribution in [2.24, 2.45) is 0 Å². The van der Waals surface area contributed by atoms with E-state index in [-0.39, 0.29) is 0 Å². The first kappa shape index (κ1) is 8.86. The van der Waals surface area contributed by atoms with Crippen molar-refractivity contribution in [2.75, 3.05) is 16.7 Å². The highest BCUT2D eigenvalue weighted by Gasteiger charge is 2.00. The average Bonchev–Trinajstić information content (AvgIpc) is 1.82. The molecule has 0 spiro atoms. The summed E-state index contributed by atoms with van der Waals surface area (Å²) < 4.78 is 23.8. The van der Waals surface area contributed by atoms with E-state index in [9.17, 15) is 8.42 Å². The molecule has 3 N–H and O–H groups in total. The maximum absolute atomic E-state index is 10.7. The second-order valence-corrected chi connectivity index (χ2v) is 4.18. The standard InChI is InChI=1S/C7H9N2O2S/c1-12(10,11)9-7-4-2-3-6(8)5-7/h3-5,9H,8H2,1H3.